The Balaban J connectivity index is 1.90. The highest BCUT2D eigenvalue weighted by Gasteiger charge is 2.28. The molecule has 3 aromatic carbocycles. The lowest BCUT2D eigenvalue weighted by Crippen LogP contribution is -2.41. The zero-order valence-electron chi connectivity index (χ0n) is 17.0. The largest absolute Gasteiger partial charge is 0.348 e. The molecule has 0 radical (unpaired) electrons. The van der Waals surface area contributed by atoms with Crippen molar-refractivity contribution in [1.82, 2.24) is 5.32 Å². The third-order valence-electron chi connectivity index (χ3n) is 4.76. The molecule has 0 heterocycles. The summed E-state index contributed by atoms with van der Waals surface area (Å²) >= 11 is 12.1. The standard InChI is InChI=1S/C23H22Cl2N2O3S/c1-16-8-10-18(11-9-16)17(2)26-23(28)15-27(19-12-13-21(24)22(25)14-19)31(29,30)20-6-4-3-5-7-20/h3-14,17H,15H2,1-2H3,(H,26,28). The molecule has 162 valence electrons. The van der Waals surface area contributed by atoms with Gasteiger partial charge in [0.2, 0.25) is 5.91 Å². The maximum absolute atomic E-state index is 13.3. The van der Waals surface area contributed by atoms with E-state index >= 15 is 0 Å². The van der Waals surface area contributed by atoms with Crippen molar-refractivity contribution in [3.63, 3.8) is 0 Å². The van der Waals surface area contributed by atoms with Gasteiger partial charge in [0.1, 0.15) is 6.54 Å². The number of nitrogens with one attached hydrogen (secondary N) is 1. The van der Waals surface area contributed by atoms with E-state index < -0.39 is 22.5 Å². The summed E-state index contributed by atoms with van der Waals surface area (Å²) in [6.45, 7) is 3.42. The average molecular weight is 477 g/mol. The molecule has 0 aromatic heterocycles. The van der Waals surface area contributed by atoms with Crippen LogP contribution >= 0.6 is 23.2 Å². The molecule has 0 saturated heterocycles. The summed E-state index contributed by atoms with van der Waals surface area (Å²) in [4.78, 5) is 12.9. The van der Waals surface area contributed by atoms with Crippen molar-refractivity contribution < 1.29 is 13.2 Å². The van der Waals surface area contributed by atoms with E-state index in [9.17, 15) is 13.2 Å². The van der Waals surface area contributed by atoms with E-state index in [0.717, 1.165) is 15.4 Å². The lowest BCUT2D eigenvalue weighted by Gasteiger charge is -2.25. The Hall–Kier alpha value is -2.54. The molecule has 3 aromatic rings. The summed E-state index contributed by atoms with van der Waals surface area (Å²) in [6, 6.07) is 19.9. The van der Waals surface area contributed by atoms with Crippen LogP contribution in [0.25, 0.3) is 0 Å². The number of nitrogens with zero attached hydrogens (tertiary/aromatic N) is 1. The number of benzene rings is 3. The Morgan fingerprint density at radius 1 is 0.968 bits per heavy atom. The highest BCUT2D eigenvalue weighted by Crippen LogP contribution is 2.30. The van der Waals surface area contributed by atoms with Crippen molar-refractivity contribution in [1.29, 1.82) is 0 Å². The topological polar surface area (TPSA) is 66.5 Å². The molecule has 0 aliphatic heterocycles. The van der Waals surface area contributed by atoms with Crippen LogP contribution < -0.4 is 9.62 Å². The Bertz CT molecular complexity index is 1170. The van der Waals surface area contributed by atoms with Crippen LogP contribution in [0, 0.1) is 6.92 Å². The van der Waals surface area contributed by atoms with Gasteiger partial charge in [-0.3, -0.25) is 9.10 Å². The van der Waals surface area contributed by atoms with Crippen molar-refractivity contribution >= 4 is 44.8 Å². The van der Waals surface area contributed by atoms with Gasteiger partial charge in [-0.15, -0.1) is 0 Å². The van der Waals surface area contributed by atoms with Crippen LogP contribution in [-0.2, 0) is 14.8 Å². The van der Waals surface area contributed by atoms with Gasteiger partial charge in [0, 0.05) is 0 Å². The zero-order valence-corrected chi connectivity index (χ0v) is 19.4. The minimum atomic E-state index is -4.01. The van der Waals surface area contributed by atoms with Gasteiger partial charge in [-0.05, 0) is 49.7 Å². The van der Waals surface area contributed by atoms with E-state index in [1.165, 1.54) is 30.3 Å². The molecule has 0 aliphatic rings. The van der Waals surface area contributed by atoms with Crippen LogP contribution in [0.5, 0.6) is 0 Å². The second-order valence-electron chi connectivity index (χ2n) is 7.12. The highest BCUT2D eigenvalue weighted by atomic mass is 35.5. The summed E-state index contributed by atoms with van der Waals surface area (Å²) in [7, 11) is -4.01. The van der Waals surface area contributed by atoms with Gasteiger partial charge in [0.25, 0.3) is 10.0 Å². The van der Waals surface area contributed by atoms with Gasteiger partial charge < -0.3 is 5.32 Å². The van der Waals surface area contributed by atoms with Crippen molar-refractivity contribution in [2.45, 2.75) is 24.8 Å². The number of hydrogen-bond donors (Lipinski definition) is 1. The lowest BCUT2D eigenvalue weighted by molar-refractivity contribution is -0.120. The predicted octanol–water partition coefficient (Wildman–Crippen LogP) is 5.37. The van der Waals surface area contributed by atoms with Crippen LogP contribution in [0.4, 0.5) is 5.69 Å². The summed E-state index contributed by atoms with van der Waals surface area (Å²) in [5.74, 6) is -0.446. The van der Waals surface area contributed by atoms with Crippen molar-refractivity contribution in [2.75, 3.05) is 10.8 Å². The number of halogens is 2. The summed E-state index contributed by atoms with van der Waals surface area (Å²) < 4.78 is 27.7. The molecular weight excluding hydrogens is 455 g/mol. The second-order valence-corrected chi connectivity index (χ2v) is 9.80. The van der Waals surface area contributed by atoms with Crippen molar-refractivity contribution in [2.24, 2.45) is 0 Å². The third-order valence-corrected chi connectivity index (χ3v) is 7.29. The Labute approximate surface area is 192 Å². The first-order valence-electron chi connectivity index (χ1n) is 9.57. The summed E-state index contributed by atoms with van der Waals surface area (Å²) in [5.41, 5.74) is 2.28. The molecule has 1 atom stereocenters. The van der Waals surface area contributed by atoms with Crippen LogP contribution in [-0.4, -0.2) is 20.9 Å². The molecule has 0 spiro atoms. The van der Waals surface area contributed by atoms with Gasteiger partial charge in [0.15, 0.2) is 0 Å². The molecule has 8 heteroatoms. The monoisotopic (exact) mass is 476 g/mol. The fourth-order valence-electron chi connectivity index (χ4n) is 3.03. The Morgan fingerprint density at radius 2 is 1.61 bits per heavy atom. The molecule has 0 fully saturated rings. The quantitative estimate of drug-likeness (QED) is 0.497. The summed E-state index contributed by atoms with van der Waals surface area (Å²) in [5, 5.41) is 3.35. The lowest BCUT2D eigenvalue weighted by atomic mass is 10.1. The molecule has 1 amide bonds. The van der Waals surface area contributed by atoms with Crippen molar-refractivity contribution in [3.05, 3.63) is 94.0 Å². The van der Waals surface area contributed by atoms with E-state index in [4.69, 9.17) is 23.2 Å². The van der Waals surface area contributed by atoms with Crippen LogP contribution in [0.1, 0.15) is 24.1 Å². The van der Waals surface area contributed by atoms with E-state index in [1.54, 1.807) is 18.2 Å². The van der Waals surface area contributed by atoms with E-state index in [0.29, 0.717) is 5.02 Å². The molecule has 0 bridgehead atoms. The molecule has 0 saturated carbocycles. The number of carbonyl (C=O) groups excluding carboxylic acids is 1. The summed E-state index contributed by atoms with van der Waals surface area (Å²) in [6.07, 6.45) is 0. The Morgan fingerprint density at radius 3 is 2.23 bits per heavy atom. The smallest absolute Gasteiger partial charge is 0.264 e. The molecule has 0 aliphatic carbocycles. The van der Waals surface area contributed by atoms with Crippen LogP contribution in [0.3, 0.4) is 0 Å². The molecular formula is C23H22Cl2N2O3S. The number of rotatable bonds is 7. The normalized spacial score (nSPS) is 12.3. The molecule has 31 heavy (non-hydrogen) atoms. The maximum Gasteiger partial charge on any atom is 0.264 e. The minimum Gasteiger partial charge on any atom is -0.348 e. The number of carbonyl (C=O) groups is 1. The SMILES string of the molecule is Cc1ccc(C(C)NC(=O)CN(c2ccc(Cl)c(Cl)c2)S(=O)(=O)c2ccccc2)cc1. The molecule has 1 unspecified atom stereocenters. The van der Waals surface area contributed by atoms with Gasteiger partial charge in [-0.2, -0.15) is 0 Å². The van der Waals surface area contributed by atoms with Gasteiger partial charge in [-0.1, -0.05) is 71.2 Å². The van der Waals surface area contributed by atoms with Crippen LogP contribution in [0.15, 0.2) is 77.7 Å². The van der Waals surface area contributed by atoms with Gasteiger partial charge >= 0.3 is 0 Å². The number of anilines is 1. The highest BCUT2D eigenvalue weighted by molar-refractivity contribution is 7.92. The second kappa shape index (κ2) is 9.73. The number of sulfonamides is 1. The Kier molecular flexibility index (Phi) is 7.26. The zero-order chi connectivity index (χ0) is 22.6. The van der Waals surface area contributed by atoms with E-state index in [1.807, 2.05) is 38.1 Å². The number of hydrogen-bond acceptors (Lipinski definition) is 3. The average Bonchev–Trinajstić information content (AvgIpc) is 2.75. The first-order chi connectivity index (χ1) is 14.7. The molecule has 1 N–H and O–H groups in total. The van der Waals surface area contributed by atoms with E-state index in [-0.39, 0.29) is 21.6 Å². The van der Waals surface area contributed by atoms with Gasteiger partial charge in [-0.25, -0.2) is 8.42 Å². The molecule has 3 rings (SSSR count). The number of amides is 1. The predicted molar refractivity (Wildman–Crippen MR) is 125 cm³/mol. The van der Waals surface area contributed by atoms with Crippen LogP contribution in [0.2, 0.25) is 10.0 Å². The molecule has 5 nitrogen and oxygen atoms in total. The first-order valence-corrected chi connectivity index (χ1v) is 11.8. The number of aryl methyl sites for hydroxylation is 1. The fourth-order valence-corrected chi connectivity index (χ4v) is 4.76. The van der Waals surface area contributed by atoms with Gasteiger partial charge in [0.05, 0.1) is 26.7 Å². The minimum absolute atomic E-state index is 0.0699. The van der Waals surface area contributed by atoms with E-state index in [2.05, 4.69) is 5.32 Å². The first kappa shape index (κ1) is 23.1. The maximum atomic E-state index is 13.3. The van der Waals surface area contributed by atoms with Crippen molar-refractivity contribution in [3.8, 4) is 0 Å². The third kappa shape index (κ3) is 5.58. The fraction of sp³-hybridized carbons (Fsp3) is 0.174.